The molecule has 1 aromatic heterocycles. The molecule has 1 heterocycles. The van der Waals surface area contributed by atoms with Crippen molar-refractivity contribution in [1.82, 2.24) is 15.3 Å². The number of ether oxygens (including phenoxy) is 1. The monoisotopic (exact) mass is 205 g/mol. The van der Waals surface area contributed by atoms with Crippen molar-refractivity contribution in [1.29, 1.82) is 0 Å². The first-order chi connectivity index (χ1) is 7.31. The van der Waals surface area contributed by atoms with E-state index in [9.17, 15) is 4.79 Å². The van der Waals surface area contributed by atoms with E-state index >= 15 is 0 Å². The summed E-state index contributed by atoms with van der Waals surface area (Å²) < 4.78 is 4.75. The average Bonchev–Trinajstić information content (AvgIpc) is 2.72. The number of carbonyl (C=O) groups is 1. The van der Waals surface area contributed by atoms with Crippen LogP contribution in [-0.4, -0.2) is 29.7 Å². The van der Waals surface area contributed by atoms with Crippen LogP contribution in [0.15, 0.2) is 24.5 Å². The molecule has 78 valence electrons. The first kappa shape index (κ1) is 9.67. The smallest absolute Gasteiger partial charge is 0.253 e. The molecule has 2 rings (SSSR count). The number of aromatic amines is 1. The number of fused-ring (bicyclic) bond motifs is 1. The van der Waals surface area contributed by atoms with E-state index in [-0.39, 0.29) is 12.6 Å². The zero-order chi connectivity index (χ0) is 10.7. The molecular weight excluding hydrogens is 194 g/mol. The van der Waals surface area contributed by atoms with Gasteiger partial charge in [-0.05, 0) is 18.2 Å². The summed E-state index contributed by atoms with van der Waals surface area (Å²) in [6, 6.07) is 5.29. The van der Waals surface area contributed by atoms with Crippen molar-refractivity contribution >= 4 is 16.9 Å². The third-order valence-electron chi connectivity index (χ3n) is 2.06. The molecule has 0 unspecified atom stereocenters. The van der Waals surface area contributed by atoms with Gasteiger partial charge in [-0.15, -0.1) is 0 Å². The molecule has 1 amide bonds. The second kappa shape index (κ2) is 4.10. The van der Waals surface area contributed by atoms with Crippen LogP contribution < -0.4 is 5.32 Å². The molecule has 2 aromatic rings. The fourth-order valence-corrected chi connectivity index (χ4v) is 1.32. The molecule has 0 aliphatic carbocycles. The van der Waals surface area contributed by atoms with Crippen molar-refractivity contribution in [2.45, 2.75) is 0 Å². The van der Waals surface area contributed by atoms with Gasteiger partial charge in [-0.25, -0.2) is 4.98 Å². The molecular formula is C10H11N3O2. The maximum atomic E-state index is 11.5. The van der Waals surface area contributed by atoms with Crippen LogP contribution in [0, 0.1) is 0 Å². The van der Waals surface area contributed by atoms with Crippen LogP contribution >= 0.6 is 0 Å². The number of nitrogens with zero attached hydrogens (tertiary/aromatic N) is 1. The van der Waals surface area contributed by atoms with E-state index < -0.39 is 0 Å². The molecule has 0 saturated carbocycles. The number of nitrogens with one attached hydrogen (secondary N) is 2. The lowest BCUT2D eigenvalue weighted by atomic mass is 10.2. The largest absolute Gasteiger partial charge is 0.364 e. The predicted molar refractivity (Wildman–Crippen MR) is 55.4 cm³/mol. The molecule has 0 fully saturated rings. The lowest BCUT2D eigenvalue weighted by Crippen LogP contribution is -2.25. The van der Waals surface area contributed by atoms with Crippen molar-refractivity contribution in [2.75, 3.05) is 13.8 Å². The minimum Gasteiger partial charge on any atom is -0.364 e. The number of imidazole rings is 1. The van der Waals surface area contributed by atoms with Crippen molar-refractivity contribution in [3.8, 4) is 0 Å². The van der Waals surface area contributed by atoms with Gasteiger partial charge < -0.3 is 15.0 Å². The molecule has 0 bridgehead atoms. The van der Waals surface area contributed by atoms with E-state index in [0.717, 1.165) is 11.0 Å². The van der Waals surface area contributed by atoms with E-state index in [4.69, 9.17) is 4.74 Å². The van der Waals surface area contributed by atoms with Gasteiger partial charge in [0.25, 0.3) is 5.91 Å². The van der Waals surface area contributed by atoms with Crippen molar-refractivity contribution < 1.29 is 9.53 Å². The van der Waals surface area contributed by atoms with Gasteiger partial charge in [-0.2, -0.15) is 0 Å². The van der Waals surface area contributed by atoms with Crippen molar-refractivity contribution in [3.05, 3.63) is 30.1 Å². The summed E-state index contributed by atoms with van der Waals surface area (Å²) in [6.07, 6.45) is 1.60. The second-order valence-corrected chi connectivity index (χ2v) is 3.07. The van der Waals surface area contributed by atoms with E-state index in [1.165, 1.54) is 7.11 Å². The van der Waals surface area contributed by atoms with E-state index in [0.29, 0.717) is 5.56 Å². The van der Waals surface area contributed by atoms with Crippen LogP contribution in [0.2, 0.25) is 0 Å². The van der Waals surface area contributed by atoms with Gasteiger partial charge in [0, 0.05) is 12.7 Å². The maximum absolute atomic E-state index is 11.5. The third kappa shape index (κ3) is 1.97. The quantitative estimate of drug-likeness (QED) is 0.731. The standard InChI is InChI=1S/C10H11N3O2/c1-15-6-13-10(14)7-2-3-8-9(4-7)12-5-11-8/h2-5H,6H2,1H3,(H,11,12)(H,13,14). The highest BCUT2D eigenvalue weighted by atomic mass is 16.5. The topological polar surface area (TPSA) is 67.0 Å². The lowest BCUT2D eigenvalue weighted by Gasteiger charge is -2.03. The highest BCUT2D eigenvalue weighted by Crippen LogP contribution is 2.11. The minimum atomic E-state index is -0.159. The molecule has 2 N–H and O–H groups in total. The summed E-state index contributed by atoms with van der Waals surface area (Å²) in [5, 5.41) is 2.61. The Morgan fingerprint density at radius 2 is 2.47 bits per heavy atom. The van der Waals surface area contributed by atoms with Gasteiger partial charge in [0.2, 0.25) is 0 Å². The molecule has 0 spiro atoms. The van der Waals surface area contributed by atoms with Crippen LogP contribution in [-0.2, 0) is 4.74 Å². The molecule has 1 aromatic carbocycles. The fourth-order valence-electron chi connectivity index (χ4n) is 1.32. The molecule has 0 aliphatic heterocycles. The van der Waals surface area contributed by atoms with Crippen LogP contribution in [0.4, 0.5) is 0 Å². The summed E-state index contributed by atoms with van der Waals surface area (Å²) >= 11 is 0. The number of hydrogen-bond acceptors (Lipinski definition) is 3. The molecule has 0 atom stereocenters. The summed E-state index contributed by atoms with van der Waals surface area (Å²) in [5.74, 6) is -0.159. The maximum Gasteiger partial charge on any atom is 0.253 e. The highest BCUT2D eigenvalue weighted by molar-refractivity contribution is 5.97. The highest BCUT2D eigenvalue weighted by Gasteiger charge is 2.05. The number of methoxy groups -OCH3 is 1. The summed E-state index contributed by atoms with van der Waals surface area (Å²) in [7, 11) is 1.53. The number of hydrogen-bond donors (Lipinski definition) is 2. The van der Waals surface area contributed by atoms with Crippen molar-refractivity contribution in [3.63, 3.8) is 0 Å². The molecule has 5 heteroatoms. The minimum absolute atomic E-state index is 0.159. The van der Waals surface area contributed by atoms with Gasteiger partial charge in [0.15, 0.2) is 0 Å². The Hall–Kier alpha value is -1.88. The first-order valence-electron chi connectivity index (χ1n) is 4.51. The van der Waals surface area contributed by atoms with Crippen LogP contribution in [0.1, 0.15) is 10.4 Å². The van der Waals surface area contributed by atoms with E-state index in [1.54, 1.807) is 24.5 Å². The normalized spacial score (nSPS) is 10.5. The number of carbonyl (C=O) groups excluding carboxylic acids is 1. The summed E-state index contributed by atoms with van der Waals surface area (Å²) in [4.78, 5) is 18.6. The molecule has 0 aliphatic rings. The fraction of sp³-hybridized carbons (Fsp3) is 0.200. The van der Waals surface area contributed by atoms with Crippen LogP contribution in [0.5, 0.6) is 0 Å². The van der Waals surface area contributed by atoms with Gasteiger partial charge in [0.05, 0.1) is 17.4 Å². The predicted octanol–water partition coefficient (Wildman–Crippen LogP) is 0.897. The Kier molecular flexibility index (Phi) is 2.64. The number of amides is 1. The summed E-state index contributed by atoms with van der Waals surface area (Å²) in [6.45, 7) is 0.208. The Morgan fingerprint density at radius 1 is 1.60 bits per heavy atom. The first-order valence-corrected chi connectivity index (χ1v) is 4.51. The molecule has 0 radical (unpaired) electrons. The van der Waals surface area contributed by atoms with Gasteiger partial charge in [-0.1, -0.05) is 0 Å². The lowest BCUT2D eigenvalue weighted by molar-refractivity contribution is 0.0872. The Bertz CT molecular complexity index is 478. The molecule has 15 heavy (non-hydrogen) atoms. The van der Waals surface area contributed by atoms with Gasteiger partial charge >= 0.3 is 0 Å². The number of aromatic nitrogens is 2. The Morgan fingerprint density at radius 3 is 3.27 bits per heavy atom. The van der Waals surface area contributed by atoms with Crippen LogP contribution in [0.25, 0.3) is 11.0 Å². The Labute approximate surface area is 86.5 Å². The SMILES string of the molecule is COCNC(=O)c1ccc2nc[nH]c2c1. The third-order valence-corrected chi connectivity index (χ3v) is 2.06. The zero-order valence-corrected chi connectivity index (χ0v) is 8.28. The Balaban J connectivity index is 2.23. The zero-order valence-electron chi connectivity index (χ0n) is 8.28. The van der Waals surface area contributed by atoms with Gasteiger partial charge in [0.1, 0.15) is 6.73 Å². The molecule has 0 saturated heterocycles. The van der Waals surface area contributed by atoms with E-state index in [1.807, 2.05) is 0 Å². The summed E-state index contributed by atoms with van der Waals surface area (Å²) in [5.41, 5.74) is 2.28. The molecule has 5 nitrogen and oxygen atoms in total. The second-order valence-electron chi connectivity index (χ2n) is 3.07. The average molecular weight is 205 g/mol. The number of benzene rings is 1. The van der Waals surface area contributed by atoms with E-state index in [2.05, 4.69) is 15.3 Å². The number of rotatable bonds is 3. The number of H-pyrrole nitrogens is 1. The van der Waals surface area contributed by atoms with Gasteiger partial charge in [-0.3, -0.25) is 4.79 Å². The van der Waals surface area contributed by atoms with Crippen LogP contribution in [0.3, 0.4) is 0 Å². The van der Waals surface area contributed by atoms with Crippen molar-refractivity contribution in [2.24, 2.45) is 0 Å².